The van der Waals surface area contributed by atoms with E-state index in [1.165, 1.54) is 24.3 Å². The number of rotatable bonds is 4. The van der Waals surface area contributed by atoms with Gasteiger partial charge in [-0.15, -0.1) is 0 Å². The fraction of sp³-hybridized carbons (Fsp3) is 0.200. The molecule has 0 spiro atoms. The summed E-state index contributed by atoms with van der Waals surface area (Å²) >= 11 is 5.96. The molecular weight excluding hydrogens is 357 g/mol. The Hall–Kier alpha value is -1.92. The molecule has 1 aliphatic rings. The molecule has 0 amide bonds. The van der Waals surface area contributed by atoms with Crippen molar-refractivity contribution >= 4 is 25.1 Å². The first-order valence-electron chi connectivity index (χ1n) is 7.08. The smallest absolute Gasteiger partial charge is 0.404 e. The lowest BCUT2D eigenvalue weighted by Crippen LogP contribution is -2.16. The Kier molecular flexibility index (Phi) is 4.87. The van der Waals surface area contributed by atoms with E-state index in [1.807, 2.05) is 6.07 Å². The van der Waals surface area contributed by atoms with Gasteiger partial charge in [0.05, 0.1) is 17.6 Å². The van der Waals surface area contributed by atoms with E-state index in [4.69, 9.17) is 25.2 Å². The van der Waals surface area contributed by atoms with Crippen LogP contribution in [0.15, 0.2) is 48.5 Å². The first-order valence-corrected chi connectivity index (χ1v) is 8.91. The maximum absolute atomic E-state index is 12.7. The van der Waals surface area contributed by atoms with Crippen molar-refractivity contribution in [3.05, 3.63) is 69.2 Å². The molecule has 1 saturated heterocycles. The van der Waals surface area contributed by atoms with Crippen LogP contribution >= 0.6 is 19.4 Å². The number of hydrogen-bond acceptors (Lipinski definition) is 6. The highest BCUT2D eigenvalue weighted by Gasteiger charge is 2.37. The van der Waals surface area contributed by atoms with Crippen LogP contribution in [0.2, 0.25) is 5.02 Å². The molecule has 0 saturated carbocycles. The molecule has 0 N–H and O–H groups in total. The number of benzene rings is 2. The molecular formula is C15H13ClNO6P. The highest BCUT2D eigenvalue weighted by Crippen LogP contribution is 2.56. The predicted molar refractivity (Wildman–Crippen MR) is 87.2 cm³/mol. The largest absolute Gasteiger partial charge is 0.530 e. The zero-order valence-electron chi connectivity index (χ0n) is 12.3. The number of phosphoric ester groups is 1. The van der Waals surface area contributed by atoms with E-state index in [0.29, 0.717) is 11.4 Å². The molecule has 2 aromatic carbocycles. The number of nitrogens with zero attached hydrogens (tertiary/aromatic N) is 1. The lowest BCUT2D eigenvalue weighted by molar-refractivity contribution is -0.384. The van der Waals surface area contributed by atoms with Gasteiger partial charge in [-0.25, -0.2) is 4.57 Å². The van der Waals surface area contributed by atoms with Gasteiger partial charge in [-0.3, -0.25) is 19.2 Å². The molecule has 0 aromatic heterocycles. The Balaban J connectivity index is 1.75. The van der Waals surface area contributed by atoms with Gasteiger partial charge in [0.1, 0.15) is 5.75 Å². The molecule has 9 heteroatoms. The van der Waals surface area contributed by atoms with Gasteiger partial charge in [-0.05, 0) is 29.8 Å². The van der Waals surface area contributed by atoms with E-state index in [1.54, 1.807) is 18.2 Å². The minimum Gasteiger partial charge on any atom is -0.404 e. The third kappa shape index (κ3) is 3.94. The molecule has 7 nitrogen and oxygen atoms in total. The molecule has 1 aliphatic heterocycles. The summed E-state index contributed by atoms with van der Waals surface area (Å²) in [5.74, 6) is 0.163. The molecule has 1 unspecified atom stereocenters. The number of non-ortho nitro benzene ring substituents is 1. The fourth-order valence-electron chi connectivity index (χ4n) is 2.25. The van der Waals surface area contributed by atoms with Gasteiger partial charge in [-0.2, -0.15) is 0 Å². The van der Waals surface area contributed by atoms with E-state index in [0.717, 1.165) is 5.56 Å². The summed E-state index contributed by atoms with van der Waals surface area (Å²) in [5.41, 5.74) is 0.682. The molecule has 2 aromatic rings. The summed E-state index contributed by atoms with van der Waals surface area (Å²) in [4.78, 5) is 10.1. The monoisotopic (exact) mass is 369 g/mol. The lowest BCUT2D eigenvalue weighted by atomic mass is 10.1. The SMILES string of the molecule is O=[N+]([O-])c1ccc(OP2(=O)OCC[C@@H](c3cccc(Cl)c3)O2)cc1. The molecule has 126 valence electrons. The second-order valence-electron chi connectivity index (χ2n) is 5.06. The zero-order chi connectivity index (χ0) is 17.2. The lowest BCUT2D eigenvalue weighted by Gasteiger charge is -2.29. The topological polar surface area (TPSA) is 87.9 Å². The van der Waals surface area contributed by atoms with Crippen molar-refractivity contribution in [1.82, 2.24) is 0 Å². The standard InChI is InChI=1S/C15H13ClNO6P/c16-12-3-1-2-11(10-12)15-8-9-21-24(20,23-15)22-14-6-4-13(5-7-14)17(18)19/h1-7,10,15H,8-9H2/t15-,24?/m0/s1. The first-order chi connectivity index (χ1) is 11.5. The summed E-state index contributed by atoms with van der Waals surface area (Å²) < 4.78 is 28.7. The molecule has 2 atom stereocenters. The van der Waals surface area contributed by atoms with Gasteiger partial charge in [0, 0.05) is 23.6 Å². The van der Waals surface area contributed by atoms with Crippen LogP contribution in [-0.4, -0.2) is 11.5 Å². The van der Waals surface area contributed by atoms with Crippen molar-refractivity contribution in [2.75, 3.05) is 6.61 Å². The molecule has 0 aliphatic carbocycles. The average molecular weight is 370 g/mol. The number of nitro groups is 1. The Bertz CT molecular complexity index is 797. The van der Waals surface area contributed by atoms with E-state index in [9.17, 15) is 14.7 Å². The molecule has 1 fully saturated rings. The van der Waals surface area contributed by atoms with E-state index in [-0.39, 0.29) is 18.0 Å². The van der Waals surface area contributed by atoms with E-state index < -0.39 is 18.8 Å². The van der Waals surface area contributed by atoms with Crippen LogP contribution in [0.4, 0.5) is 5.69 Å². The van der Waals surface area contributed by atoms with Crippen molar-refractivity contribution in [3.63, 3.8) is 0 Å². The van der Waals surface area contributed by atoms with Crippen LogP contribution < -0.4 is 4.52 Å². The normalized spacial score (nSPS) is 23.6. The first kappa shape index (κ1) is 16.9. The van der Waals surface area contributed by atoms with Gasteiger partial charge < -0.3 is 4.52 Å². The minimum absolute atomic E-state index is 0.0945. The zero-order valence-corrected chi connectivity index (χ0v) is 14.0. The van der Waals surface area contributed by atoms with Crippen LogP contribution in [0.25, 0.3) is 0 Å². The molecule has 0 bridgehead atoms. The average Bonchev–Trinajstić information content (AvgIpc) is 2.55. The minimum atomic E-state index is -3.82. The Morgan fingerprint density at radius 1 is 1.25 bits per heavy atom. The van der Waals surface area contributed by atoms with Crippen molar-refractivity contribution in [1.29, 1.82) is 0 Å². The Labute approximate surface area is 142 Å². The highest BCUT2D eigenvalue weighted by atomic mass is 35.5. The van der Waals surface area contributed by atoms with E-state index in [2.05, 4.69) is 0 Å². The van der Waals surface area contributed by atoms with E-state index >= 15 is 0 Å². The summed E-state index contributed by atoms with van der Waals surface area (Å²) in [5, 5.41) is 11.2. The van der Waals surface area contributed by atoms with Crippen LogP contribution in [0, 0.1) is 10.1 Å². The predicted octanol–water partition coefficient (Wildman–Crippen LogP) is 4.91. The summed E-state index contributed by atoms with van der Waals surface area (Å²) in [6.45, 7) is 0.196. The van der Waals surface area contributed by atoms with Gasteiger partial charge in [0.15, 0.2) is 0 Å². The third-order valence-electron chi connectivity index (χ3n) is 3.37. The van der Waals surface area contributed by atoms with Crippen LogP contribution in [0.5, 0.6) is 5.75 Å². The number of hydrogen-bond donors (Lipinski definition) is 0. The third-order valence-corrected chi connectivity index (χ3v) is 5.05. The number of halogens is 1. The van der Waals surface area contributed by atoms with Gasteiger partial charge in [0.2, 0.25) is 0 Å². The Morgan fingerprint density at radius 3 is 2.67 bits per heavy atom. The molecule has 3 rings (SSSR count). The maximum atomic E-state index is 12.7. The quantitative estimate of drug-likeness (QED) is 0.432. The second kappa shape index (κ2) is 6.91. The number of phosphoric acid groups is 1. The summed E-state index contributed by atoms with van der Waals surface area (Å²) in [7, 11) is -3.82. The molecule has 0 radical (unpaired) electrons. The molecule has 1 heterocycles. The number of nitro benzene ring substituents is 1. The van der Waals surface area contributed by atoms with Gasteiger partial charge >= 0.3 is 7.82 Å². The van der Waals surface area contributed by atoms with Crippen molar-refractivity contribution in [3.8, 4) is 5.75 Å². The van der Waals surface area contributed by atoms with Gasteiger partial charge in [0.25, 0.3) is 5.69 Å². The fourth-order valence-corrected chi connectivity index (χ4v) is 3.85. The van der Waals surface area contributed by atoms with Crippen LogP contribution in [0.3, 0.4) is 0 Å². The maximum Gasteiger partial charge on any atom is 0.530 e. The molecule has 24 heavy (non-hydrogen) atoms. The van der Waals surface area contributed by atoms with Gasteiger partial charge in [-0.1, -0.05) is 23.7 Å². The van der Waals surface area contributed by atoms with Crippen molar-refractivity contribution < 1.29 is 23.1 Å². The van der Waals surface area contributed by atoms with Crippen LogP contribution in [-0.2, 0) is 13.6 Å². The highest BCUT2D eigenvalue weighted by molar-refractivity contribution is 7.49. The summed E-state index contributed by atoms with van der Waals surface area (Å²) in [6.07, 6.45) is 0.0369. The Morgan fingerprint density at radius 2 is 2.00 bits per heavy atom. The van der Waals surface area contributed by atoms with Crippen molar-refractivity contribution in [2.24, 2.45) is 0 Å². The second-order valence-corrected chi connectivity index (χ2v) is 7.04. The van der Waals surface area contributed by atoms with Crippen molar-refractivity contribution in [2.45, 2.75) is 12.5 Å². The summed E-state index contributed by atoms with van der Waals surface area (Å²) in [6, 6.07) is 12.2. The van der Waals surface area contributed by atoms with Crippen LogP contribution in [0.1, 0.15) is 18.1 Å².